The highest BCUT2D eigenvalue weighted by Gasteiger charge is 2.35. The summed E-state index contributed by atoms with van der Waals surface area (Å²) in [7, 11) is 0. The van der Waals surface area contributed by atoms with Gasteiger partial charge in [0, 0.05) is 11.8 Å². The summed E-state index contributed by atoms with van der Waals surface area (Å²) in [5, 5.41) is 14.0. The van der Waals surface area contributed by atoms with E-state index in [9.17, 15) is 0 Å². The molecule has 1 aromatic carbocycles. The maximum Gasteiger partial charge on any atom is 0.157 e. The number of hydrogen-bond donors (Lipinski definition) is 1. The fourth-order valence-electron chi connectivity index (χ4n) is 2.13. The second-order valence-corrected chi connectivity index (χ2v) is 6.03. The predicted octanol–water partition coefficient (Wildman–Crippen LogP) is 2.53. The summed E-state index contributed by atoms with van der Waals surface area (Å²) in [5.74, 6) is 0.903. The van der Waals surface area contributed by atoms with E-state index in [0.717, 1.165) is 29.7 Å². The Bertz CT molecular complexity index is 514. The summed E-state index contributed by atoms with van der Waals surface area (Å²) in [5.41, 5.74) is 1.85. The van der Waals surface area contributed by atoms with E-state index in [1.165, 1.54) is 12.8 Å². The molecule has 1 saturated carbocycles. The topological polar surface area (TPSA) is 48.2 Å². The number of aliphatic imine (C=N–C) groups is 1. The van der Waals surface area contributed by atoms with Crippen LogP contribution in [0.5, 0.6) is 0 Å². The van der Waals surface area contributed by atoms with Crippen molar-refractivity contribution in [2.75, 3.05) is 6.54 Å². The van der Waals surface area contributed by atoms with Gasteiger partial charge in [-0.2, -0.15) is 5.26 Å². The van der Waals surface area contributed by atoms with Gasteiger partial charge in [-0.15, -0.1) is 0 Å². The first-order chi connectivity index (χ1) is 8.85. The van der Waals surface area contributed by atoms with E-state index in [4.69, 9.17) is 5.26 Å². The van der Waals surface area contributed by atoms with E-state index in [1.54, 1.807) is 0 Å². The minimum Gasteiger partial charge on any atom is -0.361 e. The van der Waals surface area contributed by atoms with Crippen LogP contribution >= 0.6 is 11.8 Å². The Hall–Kier alpha value is -1.47. The molecule has 2 aliphatic rings. The Morgan fingerprint density at radius 3 is 3.11 bits per heavy atom. The maximum absolute atomic E-state index is 8.85. The number of amidine groups is 1. The Labute approximate surface area is 111 Å². The summed E-state index contributed by atoms with van der Waals surface area (Å²) in [6.45, 7) is 1.72. The van der Waals surface area contributed by atoms with Crippen LogP contribution < -0.4 is 5.32 Å². The van der Waals surface area contributed by atoms with Crippen LogP contribution in [0.4, 0.5) is 0 Å². The lowest BCUT2D eigenvalue weighted by Gasteiger charge is -2.08. The number of rotatable bonds is 3. The second-order valence-electron chi connectivity index (χ2n) is 4.81. The van der Waals surface area contributed by atoms with Crippen molar-refractivity contribution >= 4 is 16.9 Å². The van der Waals surface area contributed by atoms with Gasteiger partial charge in [0.1, 0.15) is 0 Å². The zero-order valence-electron chi connectivity index (χ0n) is 10.1. The molecule has 1 aliphatic heterocycles. The first-order valence-corrected chi connectivity index (χ1v) is 7.17. The monoisotopic (exact) mass is 257 g/mol. The fourth-order valence-corrected chi connectivity index (χ4v) is 3.34. The van der Waals surface area contributed by atoms with Crippen molar-refractivity contribution in [3.05, 3.63) is 35.4 Å². The van der Waals surface area contributed by atoms with Crippen LogP contribution in [0.2, 0.25) is 0 Å². The van der Waals surface area contributed by atoms with E-state index in [2.05, 4.69) is 16.4 Å². The highest BCUT2D eigenvalue weighted by atomic mass is 32.2. The first kappa shape index (κ1) is 11.6. The molecule has 1 unspecified atom stereocenters. The smallest absolute Gasteiger partial charge is 0.157 e. The van der Waals surface area contributed by atoms with Crippen LogP contribution in [-0.4, -0.2) is 17.0 Å². The van der Waals surface area contributed by atoms with Crippen LogP contribution in [0.25, 0.3) is 0 Å². The van der Waals surface area contributed by atoms with Crippen LogP contribution in [0.15, 0.2) is 29.3 Å². The number of benzene rings is 1. The van der Waals surface area contributed by atoms with Gasteiger partial charge in [0.15, 0.2) is 5.17 Å². The molecular formula is C14H15N3S. The fraction of sp³-hybridized carbons (Fsp3) is 0.429. The molecule has 4 heteroatoms. The van der Waals surface area contributed by atoms with Crippen LogP contribution in [0.1, 0.15) is 24.0 Å². The van der Waals surface area contributed by atoms with E-state index in [0.29, 0.717) is 10.8 Å². The quantitative estimate of drug-likeness (QED) is 0.905. The van der Waals surface area contributed by atoms with E-state index in [-0.39, 0.29) is 0 Å². The average molecular weight is 257 g/mol. The summed E-state index contributed by atoms with van der Waals surface area (Å²) in [4.78, 5) is 4.54. The van der Waals surface area contributed by atoms with Crippen molar-refractivity contribution in [2.45, 2.75) is 24.6 Å². The number of nitrogens with zero attached hydrogens (tertiary/aromatic N) is 2. The maximum atomic E-state index is 8.85. The number of nitrogens with one attached hydrogen (secondary N) is 1. The largest absolute Gasteiger partial charge is 0.361 e. The summed E-state index contributed by atoms with van der Waals surface area (Å²) >= 11 is 1.88. The van der Waals surface area contributed by atoms with Gasteiger partial charge in [-0.3, -0.25) is 4.99 Å². The van der Waals surface area contributed by atoms with E-state index < -0.39 is 0 Å². The highest BCUT2D eigenvalue weighted by Crippen LogP contribution is 2.41. The van der Waals surface area contributed by atoms with Gasteiger partial charge < -0.3 is 5.32 Å². The van der Waals surface area contributed by atoms with Crippen LogP contribution in [-0.2, 0) is 6.54 Å². The number of thioether (sulfide) groups is 1. The standard InChI is InChI=1S/C14H15N3S/c15-7-10-2-1-3-11(6-10)8-16-14-17-9-13(18-14)12-4-5-12/h1-3,6,12-13H,4-5,8-9H2,(H,16,17). The van der Waals surface area contributed by atoms with Crippen molar-refractivity contribution in [1.82, 2.24) is 5.32 Å². The highest BCUT2D eigenvalue weighted by molar-refractivity contribution is 8.14. The van der Waals surface area contributed by atoms with Gasteiger partial charge in [-0.1, -0.05) is 23.9 Å². The molecule has 0 saturated heterocycles. The molecule has 0 aromatic heterocycles. The molecule has 0 spiro atoms. The summed E-state index contributed by atoms with van der Waals surface area (Å²) in [6, 6.07) is 9.87. The first-order valence-electron chi connectivity index (χ1n) is 6.29. The van der Waals surface area contributed by atoms with Crippen molar-refractivity contribution in [3.63, 3.8) is 0 Å². The zero-order chi connectivity index (χ0) is 12.4. The normalized spacial score (nSPS) is 22.4. The molecule has 18 heavy (non-hydrogen) atoms. The Balaban J connectivity index is 1.53. The van der Waals surface area contributed by atoms with Gasteiger partial charge in [-0.05, 0) is 36.5 Å². The third kappa shape index (κ3) is 2.68. The molecule has 0 bridgehead atoms. The third-order valence-electron chi connectivity index (χ3n) is 3.33. The molecule has 92 valence electrons. The molecule has 1 aliphatic carbocycles. The Morgan fingerprint density at radius 1 is 1.44 bits per heavy atom. The van der Waals surface area contributed by atoms with E-state index in [1.807, 2.05) is 36.0 Å². The third-order valence-corrected chi connectivity index (χ3v) is 4.66. The van der Waals surface area contributed by atoms with Gasteiger partial charge in [0.25, 0.3) is 0 Å². The van der Waals surface area contributed by atoms with Gasteiger partial charge in [0.05, 0.1) is 18.2 Å². The molecule has 1 aromatic rings. The predicted molar refractivity (Wildman–Crippen MR) is 74.4 cm³/mol. The van der Waals surface area contributed by atoms with E-state index >= 15 is 0 Å². The van der Waals surface area contributed by atoms with Crippen molar-refractivity contribution in [1.29, 1.82) is 5.26 Å². The van der Waals surface area contributed by atoms with Crippen molar-refractivity contribution < 1.29 is 0 Å². The SMILES string of the molecule is N#Cc1cccc(CNC2=NCC(C3CC3)S2)c1. The minimum atomic E-state index is 0.706. The summed E-state index contributed by atoms with van der Waals surface area (Å²) in [6.07, 6.45) is 2.76. The van der Waals surface area contributed by atoms with Gasteiger partial charge in [-0.25, -0.2) is 0 Å². The molecule has 1 atom stereocenters. The van der Waals surface area contributed by atoms with Gasteiger partial charge in [0.2, 0.25) is 0 Å². The Morgan fingerprint density at radius 2 is 2.33 bits per heavy atom. The zero-order valence-corrected chi connectivity index (χ0v) is 10.9. The van der Waals surface area contributed by atoms with Crippen LogP contribution in [0.3, 0.4) is 0 Å². The molecule has 1 fully saturated rings. The minimum absolute atomic E-state index is 0.706. The molecular weight excluding hydrogens is 242 g/mol. The molecule has 1 heterocycles. The molecule has 0 amide bonds. The van der Waals surface area contributed by atoms with Crippen molar-refractivity contribution in [2.24, 2.45) is 10.9 Å². The number of nitriles is 1. The number of hydrogen-bond acceptors (Lipinski definition) is 4. The summed E-state index contributed by atoms with van der Waals surface area (Å²) < 4.78 is 0. The molecule has 3 nitrogen and oxygen atoms in total. The Kier molecular flexibility index (Phi) is 3.24. The average Bonchev–Trinajstić information content (AvgIpc) is 3.16. The lowest BCUT2D eigenvalue weighted by molar-refractivity contribution is 0.772. The van der Waals surface area contributed by atoms with Gasteiger partial charge >= 0.3 is 0 Å². The van der Waals surface area contributed by atoms with Crippen molar-refractivity contribution in [3.8, 4) is 6.07 Å². The molecule has 3 rings (SSSR count). The lowest BCUT2D eigenvalue weighted by Crippen LogP contribution is -2.19. The van der Waals surface area contributed by atoms with Crippen LogP contribution in [0, 0.1) is 17.2 Å². The molecule has 0 radical (unpaired) electrons. The second kappa shape index (κ2) is 5.03. The molecule has 1 N–H and O–H groups in total. The lowest BCUT2D eigenvalue weighted by atomic mass is 10.1.